The Bertz CT molecular complexity index is 1030. The molecule has 0 saturated carbocycles. The molecule has 1 aromatic carbocycles. The number of halogens is 2. The van der Waals surface area contributed by atoms with Gasteiger partial charge in [-0.3, -0.25) is 4.79 Å². The predicted octanol–water partition coefficient (Wildman–Crippen LogP) is 5.77. The van der Waals surface area contributed by atoms with Crippen LogP contribution in [0.4, 0.5) is 26.0 Å². The summed E-state index contributed by atoms with van der Waals surface area (Å²) in [4.78, 5) is 28.1. The lowest BCUT2D eigenvalue weighted by Crippen LogP contribution is -2.38. The molecule has 0 saturated heterocycles. The molecule has 0 bridgehead atoms. The van der Waals surface area contributed by atoms with E-state index in [0.717, 1.165) is 43.9 Å². The van der Waals surface area contributed by atoms with Crippen LogP contribution in [-0.2, 0) is 17.1 Å². The van der Waals surface area contributed by atoms with E-state index in [1.165, 1.54) is 12.4 Å². The molecule has 0 unspecified atom stereocenters. The highest BCUT2D eigenvalue weighted by Gasteiger charge is 2.30. The SMILES string of the molecule is CCCC(CCC)NC(=O)/C(C)=N/c1c(C)ncnc1N1CCc2cc(C(C)(F)F)ccc21. The fourth-order valence-corrected chi connectivity index (χ4v) is 4.17. The molecule has 0 fully saturated rings. The lowest BCUT2D eigenvalue weighted by atomic mass is 10.0. The molecule has 1 aliphatic heterocycles. The summed E-state index contributed by atoms with van der Waals surface area (Å²) in [6.07, 6.45) is 5.93. The van der Waals surface area contributed by atoms with Gasteiger partial charge >= 0.3 is 0 Å². The third kappa shape index (κ3) is 5.72. The van der Waals surface area contributed by atoms with Gasteiger partial charge in [0.25, 0.3) is 11.8 Å². The van der Waals surface area contributed by atoms with Crippen LogP contribution in [0.3, 0.4) is 0 Å². The number of hydrogen-bond donors (Lipinski definition) is 1. The second-order valence-electron chi connectivity index (χ2n) is 8.71. The molecular weight excluding hydrogens is 424 g/mol. The number of carbonyl (C=O) groups excluding carboxylic acids is 1. The highest BCUT2D eigenvalue weighted by atomic mass is 19.3. The van der Waals surface area contributed by atoms with Crippen molar-refractivity contribution in [2.24, 2.45) is 4.99 Å². The maximum absolute atomic E-state index is 13.8. The zero-order valence-corrected chi connectivity index (χ0v) is 20.1. The molecular formula is C25H33F2N5O. The summed E-state index contributed by atoms with van der Waals surface area (Å²) in [7, 11) is 0. The van der Waals surface area contributed by atoms with Crippen molar-refractivity contribution in [3.8, 4) is 0 Å². The minimum absolute atomic E-state index is 0.00133. The average molecular weight is 458 g/mol. The van der Waals surface area contributed by atoms with Crippen molar-refractivity contribution >= 4 is 28.8 Å². The van der Waals surface area contributed by atoms with Gasteiger partial charge in [0.2, 0.25) is 0 Å². The van der Waals surface area contributed by atoms with E-state index in [1.54, 1.807) is 19.1 Å². The first-order valence-corrected chi connectivity index (χ1v) is 11.6. The number of alkyl halides is 2. The molecule has 33 heavy (non-hydrogen) atoms. The lowest BCUT2D eigenvalue weighted by molar-refractivity contribution is -0.115. The van der Waals surface area contributed by atoms with Crippen molar-refractivity contribution in [1.29, 1.82) is 0 Å². The van der Waals surface area contributed by atoms with Crippen LogP contribution in [-0.4, -0.2) is 34.2 Å². The zero-order valence-electron chi connectivity index (χ0n) is 20.1. The highest BCUT2D eigenvalue weighted by Crippen LogP contribution is 2.41. The Morgan fingerprint density at radius 1 is 1.24 bits per heavy atom. The van der Waals surface area contributed by atoms with Crippen LogP contribution in [0.25, 0.3) is 0 Å². The topological polar surface area (TPSA) is 70.5 Å². The van der Waals surface area contributed by atoms with Crippen LogP contribution in [0.5, 0.6) is 0 Å². The number of carbonyl (C=O) groups is 1. The summed E-state index contributed by atoms with van der Waals surface area (Å²) in [5, 5.41) is 3.09. The summed E-state index contributed by atoms with van der Waals surface area (Å²) in [6.45, 7) is 9.21. The highest BCUT2D eigenvalue weighted by molar-refractivity contribution is 6.38. The smallest absolute Gasteiger partial charge is 0.270 e. The summed E-state index contributed by atoms with van der Waals surface area (Å²) in [5.74, 6) is -2.52. The van der Waals surface area contributed by atoms with Gasteiger partial charge in [0, 0.05) is 30.8 Å². The number of anilines is 2. The number of aliphatic imine (C=N–C) groups is 1. The van der Waals surface area contributed by atoms with Crippen molar-refractivity contribution in [2.45, 2.75) is 78.7 Å². The third-order valence-corrected chi connectivity index (χ3v) is 5.94. The summed E-state index contributed by atoms with van der Waals surface area (Å²) in [6, 6.07) is 4.85. The molecule has 0 spiro atoms. The molecule has 1 aromatic heterocycles. The van der Waals surface area contributed by atoms with Gasteiger partial charge in [0.15, 0.2) is 5.82 Å². The number of rotatable bonds is 9. The molecule has 1 N–H and O–H groups in total. The van der Waals surface area contributed by atoms with Crippen LogP contribution < -0.4 is 10.2 Å². The van der Waals surface area contributed by atoms with Crippen molar-refractivity contribution < 1.29 is 13.6 Å². The van der Waals surface area contributed by atoms with E-state index < -0.39 is 5.92 Å². The maximum atomic E-state index is 13.8. The van der Waals surface area contributed by atoms with Gasteiger partial charge in [0.1, 0.15) is 17.7 Å². The number of nitrogens with one attached hydrogen (secondary N) is 1. The first kappa shape index (κ1) is 24.7. The molecule has 3 rings (SSSR count). The molecule has 0 atom stereocenters. The van der Waals surface area contributed by atoms with Gasteiger partial charge in [0.05, 0.1) is 5.69 Å². The van der Waals surface area contributed by atoms with Gasteiger partial charge in [-0.25, -0.2) is 23.7 Å². The fraction of sp³-hybridized carbons (Fsp3) is 0.520. The minimum atomic E-state index is -2.89. The van der Waals surface area contributed by atoms with Crippen molar-refractivity contribution in [2.75, 3.05) is 11.4 Å². The molecule has 1 amide bonds. The second-order valence-corrected chi connectivity index (χ2v) is 8.71. The molecule has 178 valence electrons. The maximum Gasteiger partial charge on any atom is 0.270 e. The van der Waals surface area contributed by atoms with Crippen LogP contribution in [0.2, 0.25) is 0 Å². The number of amides is 1. The summed E-state index contributed by atoms with van der Waals surface area (Å²) >= 11 is 0. The quantitative estimate of drug-likeness (QED) is 0.486. The van der Waals surface area contributed by atoms with Crippen LogP contribution >= 0.6 is 0 Å². The van der Waals surface area contributed by atoms with Gasteiger partial charge < -0.3 is 10.2 Å². The second kappa shape index (κ2) is 10.4. The van der Waals surface area contributed by atoms with Gasteiger partial charge in [-0.1, -0.05) is 32.8 Å². The summed E-state index contributed by atoms with van der Waals surface area (Å²) < 4.78 is 27.6. The Hall–Kier alpha value is -2.90. The van der Waals surface area contributed by atoms with Crippen LogP contribution in [0.15, 0.2) is 29.5 Å². The Morgan fingerprint density at radius 2 is 1.94 bits per heavy atom. The number of aromatic nitrogens is 2. The molecule has 2 heterocycles. The Balaban J connectivity index is 1.91. The molecule has 8 heteroatoms. The standard InChI is InChI=1S/C25H33F2N5O/c1-6-8-20(9-7-2)31-24(33)17(4)30-22-16(3)28-15-29-23(22)32-13-12-18-14-19(25(5,26)27)10-11-21(18)32/h10-11,14-15,20H,6-9,12-13H2,1-5H3,(H,31,33)/b30-17+. The van der Waals surface area contributed by atoms with E-state index in [-0.39, 0.29) is 17.5 Å². The normalized spacial score (nSPS) is 14.1. The third-order valence-electron chi connectivity index (χ3n) is 5.94. The molecule has 1 aliphatic rings. The van der Waals surface area contributed by atoms with E-state index in [2.05, 4.69) is 34.1 Å². The van der Waals surface area contributed by atoms with Gasteiger partial charge in [-0.05, 0) is 50.8 Å². The number of benzene rings is 1. The molecule has 2 aromatic rings. The van der Waals surface area contributed by atoms with Crippen LogP contribution in [0.1, 0.15) is 70.2 Å². The number of hydrogen-bond acceptors (Lipinski definition) is 5. The van der Waals surface area contributed by atoms with Crippen molar-refractivity contribution in [3.05, 3.63) is 41.3 Å². The van der Waals surface area contributed by atoms with E-state index in [4.69, 9.17) is 0 Å². The number of aryl methyl sites for hydroxylation is 1. The Kier molecular flexibility index (Phi) is 7.76. The predicted molar refractivity (Wildman–Crippen MR) is 128 cm³/mol. The first-order chi connectivity index (χ1) is 15.7. The largest absolute Gasteiger partial charge is 0.348 e. The first-order valence-electron chi connectivity index (χ1n) is 11.6. The van der Waals surface area contributed by atoms with E-state index in [9.17, 15) is 13.6 Å². The van der Waals surface area contributed by atoms with Crippen molar-refractivity contribution in [3.63, 3.8) is 0 Å². The molecule has 0 aliphatic carbocycles. The average Bonchev–Trinajstić information content (AvgIpc) is 3.18. The molecule has 0 radical (unpaired) electrons. The Labute approximate surface area is 194 Å². The van der Waals surface area contributed by atoms with E-state index in [0.29, 0.717) is 35.9 Å². The van der Waals surface area contributed by atoms with E-state index in [1.807, 2.05) is 11.8 Å². The number of fused-ring (bicyclic) bond motifs is 1. The zero-order chi connectivity index (χ0) is 24.2. The minimum Gasteiger partial charge on any atom is -0.348 e. The lowest BCUT2D eigenvalue weighted by Gasteiger charge is -2.22. The molecule has 6 nitrogen and oxygen atoms in total. The van der Waals surface area contributed by atoms with Gasteiger partial charge in [-0.15, -0.1) is 0 Å². The van der Waals surface area contributed by atoms with E-state index >= 15 is 0 Å². The van der Waals surface area contributed by atoms with Gasteiger partial charge in [-0.2, -0.15) is 0 Å². The van der Waals surface area contributed by atoms with Crippen molar-refractivity contribution in [1.82, 2.24) is 15.3 Å². The van der Waals surface area contributed by atoms with Crippen LogP contribution in [0, 0.1) is 6.92 Å². The summed E-state index contributed by atoms with van der Waals surface area (Å²) in [5.41, 5.74) is 3.18. The Morgan fingerprint density at radius 3 is 2.58 bits per heavy atom. The number of nitrogens with zero attached hydrogens (tertiary/aromatic N) is 4. The monoisotopic (exact) mass is 457 g/mol. The fourth-order valence-electron chi connectivity index (χ4n) is 4.17.